The topological polar surface area (TPSA) is 70.1 Å². The molecular weight excluding hydrogens is 448 g/mol. The number of likely N-dealkylation sites (N-methyl/N-ethyl adjacent to an activating group) is 1. The van der Waals surface area contributed by atoms with Gasteiger partial charge in [-0.3, -0.25) is 14.5 Å². The molecule has 1 aromatic rings. The molecule has 1 spiro atoms. The van der Waals surface area contributed by atoms with Crippen molar-refractivity contribution in [1.29, 1.82) is 0 Å². The van der Waals surface area contributed by atoms with E-state index in [4.69, 9.17) is 16.3 Å². The molecule has 1 amide bonds. The van der Waals surface area contributed by atoms with Gasteiger partial charge in [-0.2, -0.15) is 0 Å². The van der Waals surface area contributed by atoms with E-state index in [1.54, 1.807) is 19.2 Å². The van der Waals surface area contributed by atoms with E-state index in [1.807, 2.05) is 0 Å². The highest BCUT2D eigenvalue weighted by Gasteiger charge is 2.62. The number of hydrogen-bond donors (Lipinski definition) is 1. The molecule has 1 N–H and O–H groups in total. The van der Waals surface area contributed by atoms with Crippen LogP contribution in [0.3, 0.4) is 0 Å². The van der Waals surface area contributed by atoms with E-state index in [-0.39, 0.29) is 16.6 Å². The Labute approximate surface area is 199 Å². The van der Waals surface area contributed by atoms with Crippen molar-refractivity contribution in [3.63, 3.8) is 0 Å². The maximum atomic E-state index is 13.7. The molecule has 8 heteroatoms. The number of carbonyl (C=O) groups excluding carboxylic acids is 2. The van der Waals surface area contributed by atoms with Crippen LogP contribution in [0.4, 0.5) is 0 Å². The number of nitrogens with zero attached hydrogens (tertiary/aromatic N) is 2. The van der Waals surface area contributed by atoms with E-state index in [0.29, 0.717) is 34.0 Å². The van der Waals surface area contributed by atoms with Crippen molar-refractivity contribution in [2.45, 2.75) is 58.6 Å². The molecule has 0 aromatic heterocycles. The second-order valence-electron chi connectivity index (χ2n) is 8.21. The summed E-state index contributed by atoms with van der Waals surface area (Å²) in [5, 5.41) is 10.6. The number of halogens is 1. The van der Waals surface area contributed by atoms with Crippen LogP contribution in [0.15, 0.2) is 22.1 Å². The summed E-state index contributed by atoms with van der Waals surface area (Å²) in [5.74, 6) is 0.436. The fourth-order valence-corrected chi connectivity index (χ4v) is 5.95. The van der Waals surface area contributed by atoms with Crippen LogP contribution in [-0.2, 0) is 11.2 Å². The minimum Gasteiger partial charge on any atom is -0.508 e. The Hall–Kier alpha value is -1.70. The number of benzene rings is 1. The molecule has 0 bridgehead atoms. The molecule has 0 radical (unpaired) electrons. The summed E-state index contributed by atoms with van der Waals surface area (Å²) in [4.78, 5) is 30.5. The molecule has 0 fully saturated rings. The SMILES string of the molecule is CCCCCCc1c(O)ccc2c1O[C@]1(C2=O)C(SCCN(CC)CC)=C(Cl)C(=O)N1C. The molecule has 176 valence electrons. The standard InChI is InChI=1S/C24H33ClN2O4S/c1-5-8-9-10-11-16-18(28)13-12-17-20(16)31-24(21(17)29)22(19(25)23(30)26(24)4)32-15-14-27(6-2)7-3/h12-13,28H,5-11,14-15H2,1-4H3/t24-/m1/s1. The number of aromatic hydroxyl groups is 1. The number of unbranched alkanes of at least 4 members (excludes halogenated alkanes) is 3. The molecule has 2 aliphatic rings. The zero-order valence-corrected chi connectivity index (χ0v) is 20.9. The number of fused-ring (bicyclic) bond motifs is 1. The zero-order chi connectivity index (χ0) is 23.5. The zero-order valence-electron chi connectivity index (χ0n) is 19.4. The lowest BCUT2D eigenvalue weighted by Crippen LogP contribution is -2.53. The molecule has 3 rings (SSSR count). The van der Waals surface area contributed by atoms with Crippen LogP contribution in [-0.4, -0.2) is 64.8 Å². The number of amides is 1. The highest BCUT2D eigenvalue weighted by molar-refractivity contribution is 8.03. The van der Waals surface area contributed by atoms with Crippen LogP contribution >= 0.6 is 23.4 Å². The number of hydrogen-bond acceptors (Lipinski definition) is 6. The lowest BCUT2D eigenvalue weighted by Gasteiger charge is -2.32. The first kappa shape index (κ1) is 24.9. The monoisotopic (exact) mass is 480 g/mol. The van der Waals surface area contributed by atoms with Gasteiger partial charge in [0.05, 0.1) is 10.5 Å². The maximum Gasteiger partial charge on any atom is 0.283 e. The average molecular weight is 481 g/mol. The first-order valence-corrected chi connectivity index (χ1v) is 12.8. The van der Waals surface area contributed by atoms with Gasteiger partial charge in [0.2, 0.25) is 5.78 Å². The number of ketones is 1. The Morgan fingerprint density at radius 2 is 1.88 bits per heavy atom. The normalized spacial score (nSPS) is 20.1. The molecular formula is C24H33ClN2O4S. The molecule has 6 nitrogen and oxygen atoms in total. The summed E-state index contributed by atoms with van der Waals surface area (Å²) in [6.45, 7) is 9.01. The Kier molecular flexibility index (Phi) is 8.17. The quantitative estimate of drug-likeness (QED) is 0.459. The molecule has 32 heavy (non-hydrogen) atoms. The van der Waals surface area contributed by atoms with Gasteiger partial charge in [0.25, 0.3) is 11.6 Å². The van der Waals surface area contributed by atoms with Gasteiger partial charge in [0, 0.05) is 24.9 Å². The lowest BCUT2D eigenvalue weighted by molar-refractivity contribution is -0.131. The molecule has 0 unspecified atom stereocenters. The Balaban J connectivity index is 1.92. The van der Waals surface area contributed by atoms with Crippen molar-refractivity contribution in [3.8, 4) is 11.5 Å². The predicted molar refractivity (Wildman–Crippen MR) is 130 cm³/mol. The van der Waals surface area contributed by atoms with Gasteiger partial charge in [-0.1, -0.05) is 51.6 Å². The first-order chi connectivity index (χ1) is 15.3. The van der Waals surface area contributed by atoms with E-state index in [2.05, 4.69) is 25.7 Å². The summed E-state index contributed by atoms with van der Waals surface area (Å²) < 4.78 is 6.33. The third-order valence-electron chi connectivity index (χ3n) is 6.34. The van der Waals surface area contributed by atoms with Crippen LogP contribution in [0, 0.1) is 0 Å². The van der Waals surface area contributed by atoms with Gasteiger partial charge in [0.1, 0.15) is 16.5 Å². The van der Waals surface area contributed by atoms with Crippen molar-refractivity contribution in [1.82, 2.24) is 9.80 Å². The number of ether oxygens (including phenoxy) is 1. The van der Waals surface area contributed by atoms with Crippen LogP contribution in [0.2, 0.25) is 0 Å². The third kappa shape index (κ3) is 4.27. The van der Waals surface area contributed by atoms with E-state index in [1.165, 1.54) is 16.7 Å². The Bertz CT molecular complexity index is 916. The summed E-state index contributed by atoms with van der Waals surface area (Å²) in [5.41, 5.74) is -0.572. The van der Waals surface area contributed by atoms with E-state index >= 15 is 0 Å². The Morgan fingerprint density at radius 1 is 1.16 bits per heavy atom. The van der Waals surface area contributed by atoms with Crippen LogP contribution in [0.1, 0.15) is 62.4 Å². The number of thioether (sulfide) groups is 1. The summed E-state index contributed by atoms with van der Waals surface area (Å²) in [7, 11) is 1.55. The maximum absolute atomic E-state index is 13.7. The van der Waals surface area contributed by atoms with Crippen LogP contribution in [0.5, 0.6) is 11.5 Å². The van der Waals surface area contributed by atoms with Crippen molar-refractivity contribution >= 4 is 35.1 Å². The van der Waals surface area contributed by atoms with Crippen molar-refractivity contribution < 1.29 is 19.4 Å². The smallest absolute Gasteiger partial charge is 0.283 e. The first-order valence-electron chi connectivity index (χ1n) is 11.5. The summed E-state index contributed by atoms with van der Waals surface area (Å²) >= 11 is 7.85. The number of phenols is 1. The number of rotatable bonds is 11. The van der Waals surface area contributed by atoms with Crippen molar-refractivity contribution in [2.24, 2.45) is 0 Å². The highest BCUT2D eigenvalue weighted by Crippen LogP contribution is 2.52. The van der Waals surface area contributed by atoms with Gasteiger partial charge >= 0.3 is 0 Å². The van der Waals surface area contributed by atoms with Crippen LogP contribution in [0.25, 0.3) is 0 Å². The molecule has 1 atom stereocenters. The predicted octanol–water partition coefficient (Wildman–Crippen LogP) is 4.78. The molecule has 2 heterocycles. The minimum absolute atomic E-state index is 0.0342. The lowest BCUT2D eigenvalue weighted by atomic mass is 9.98. The number of Topliss-reactive ketones (excluding diaryl/α,β-unsaturated/α-hetero) is 1. The summed E-state index contributed by atoms with van der Waals surface area (Å²) in [6.07, 6.45) is 4.76. The summed E-state index contributed by atoms with van der Waals surface area (Å²) in [6, 6.07) is 3.13. The fraction of sp³-hybridized carbons (Fsp3) is 0.583. The Morgan fingerprint density at radius 3 is 2.53 bits per heavy atom. The molecule has 0 saturated carbocycles. The highest BCUT2D eigenvalue weighted by atomic mass is 35.5. The number of phenolic OH excluding ortho intramolecular Hbond substituents is 1. The van der Waals surface area contributed by atoms with E-state index in [0.717, 1.165) is 45.3 Å². The van der Waals surface area contributed by atoms with E-state index in [9.17, 15) is 14.7 Å². The second-order valence-corrected chi connectivity index (χ2v) is 9.69. The molecule has 2 aliphatic heterocycles. The molecule has 0 aliphatic carbocycles. The van der Waals surface area contributed by atoms with Crippen LogP contribution < -0.4 is 4.74 Å². The van der Waals surface area contributed by atoms with Gasteiger partial charge in [-0.05, 0) is 38.1 Å². The van der Waals surface area contributed by atoms with Crippen molar-refractivity contribution in [2.75, 3.05) is 32.4 Å². The van der Waals surface area contributed by atoms with Gasteiger partial charge < -0.3 is 14.7 Å². The van der Waals surface area contributed by atoms with Gasteiger partial charge in [-0.25, -0.2) is 0 Å². The van der Waals surface area contributed by atoms with Gasteiger partial charge in [0.15, 0.2) is 0 Å². The van der Waals surface area contributed by atoms with Crippen molar-refractivity contribution in [3.05, 3.63) is 33.2 Å². The largest absolute Gasteiger partial charge is 0.508 e. The number of carbonyl (C=O) groups is 2. The average Bonchev–Trinajstić information content (AvgIpc) is 3.18. The van der Waals surface area contributed by atoms with E-state index < -0.39 is 11.6 Å². The third-order valence-corrected chi connectivity index (χ3v) is 7.96. The molecule has 0 saturated heterocycles. The molecule has 1 aromatic carbocycles. The minimum atomic E-state index is -1.59. The fourth-order valence-electron chi connectivity index (χ4n) is 4.30. The van der Waals surface area contributed by atoms with Gasteiger partial charge in [-0.15, -0.1) is 11.8 Å². The second kappa shape index (κ2) is 10.5.